The summed E-state index contributed by atoms with van der Waals surface area (Å²) >= 11 is 0. The summed E-state index contributed by atoms with van der Waals surface area (Å²) in [4.78, 5) is 23.5. The van der Waals surface area contributed by atoms with Crippen LogP contribution in [0.5, 0.6) is 0 Å². The zero-order chi connectivity index (χ0) is 40.8. The average molecular weight is 786 g/mol. The van der Waals surface area contributed by atoms with Crippen molar-refractivity contribution in [2.75, 3.05) is 13.2 Å². The van der Waals surface area contributed by atoms with Crippen LogP contribution in [0, 0.1) is 5.41 Å². The summed E-state index contributed by atoms with van der Waals surface area (Å²) in [5, 5.41) is 0. The molecule has 0 unspecified atom stereocenters. The van der Waals surface area contributed by atoms with Gasteiger partial charge < -0.3 is 19.4 Å². The molecule has 8 bridgehead atoms. The Hall–Kier alpha value is -6.67. The van der Waals surface area contributed by atoms with Gasteiger partial charge in [-0.15, -0.1) is 0 Å². The molecule has 0 spiro atoms. The van der Waals surface area contributed by atoms with Gasteiger partial charge in [0.25, 0.3) is 0 Å². The second kappa shape index (κ2) is 15.5. The number of benzene rings is 3. The molecule has 0 atom stereocenters. The highest BCUT2D eigenvalue weighted by molar-refractivity contribution is 6.00. The average Bonchev–Trinajstić information content (AvgIpc) is 4.13. The second-order valence-corrected chi connectivity index (χ2v) is 16.5. The highest BCUT2D eigenvalue weighted by atomic mass is 16.7. The third kappa shape index (κ3) is 6.89. The normalized spacial score (nSPS) is 14.8. The number of fused-ring (bicyclic) bond motifs is 8. The number of H-pyrrole nitrogens is 2. The molecule has 2 N–H and O–H groups in total. The van der Waals surface area contributed by atoms with Crippen molar-refractivity contribution in [1.82, 2.24) is 24.9 Å². The minimum Gasteiger partial charge on any atom is -0.354 e. The predicted octanol–water partition coefficient (Wildman–Crippen LogP) is 12.9. The maximum atomic E-state index is 6.38. The van der Waals surface area contributed by atoms with E-state index in [4.69, 9.17) is 24.4 Å². The number of nitrogens with zero attached hydrogens (tertiary/aromatic N) is 3. The molecule has 3 aliphatic heterocycles. The molecule has 7 nitrogen and oxygen atoms in total. The summed E-state index contributed by atoms with van der Waals surface area (Å²) in [6.45, 7) is 10.1. The summed E-state index contributed by atoms with van der Waals surface area (Å²) in [7, 11) is 0. The van der Waals surface area contributed by atoms with Crippen LogP contribution in [0.3, 0.4) is 0 Å². The summed E-state index contributed by atoms with van der Waals surface area (Å²) < 4.78 is 12.8. The van der Waals surface area contributed by atoms with Gasteiger partial charge in [0.1, 0.15) is 0 Å². The van der Waals surface area contributed by atoms with E-state index in [1.54, 1.807) is 0 Å². The van der Waals surface area contributed by atoms with E-state index in [9.17, 15) is 0 Å². The fourth-order valence-electron chi connectivity index (χ4n) is 8.72. The number of ether oxygens (including phenoxy) is 2. The Bertz CT molecular complexity index is 2930. The zero-order valence-corrected chi connectivity index (χ0v) is 34.4. The summed E-state index contributed by atoms with van der Waals surface area (Å²) in [6.07, 6.45) is 11.6. The molecule has 0 amide bonds. The number of pyridine rings is 1. The molecule has 7 aromatic rings. The smallest absolute Gasteiger partial charge is 0.184 e. The van der Waals surface area contributed by atoms with Gasteiger partial charge in [-0.25, -0.2) is 9.97 Å². The minimum atomic E-state index is -0.399. The molecular weight excluding hydrogens is 739 g/mol. The number of hydrogen-bond donors (Lipinski definition) is 2. The van der Waals surface area contributed by atoms with E-state index in [1.807, 2.05) is 24.4 Å². The zero-order valence-electron chi connectivity index (χ0n) is 34.4. The molecule has 10 rings (SSSR count). The van der Waals surface area contributed by atoms with Gasteiger partial charge in [0.05, 0.1) is 47.2 Å². The molecule has 0 radical (unpaired) electrons. The first-order valence-corrected chi connectivity index (χ1v) is 20.9. The van der Waals surface area contributed by atoms with Gasteiger partial charge in [0.15, 0.2) is 6.29 Å². The molecule has 1 fully saturated rings. The Kier molecular flexibility index (Phi) is 9.71. The van der Waals surface area contributed by atoms with Crippen LogP contribution in [0.1, 0.15) is 73.5 Å². The van der Waals surface area contributed by atoms with E-state index in [2.05, 4.69) is 159 Å². The van der Waals surface area contributed by atoms with E-state index in [0.717, 1.165) is 108 Å². The number of rotatable bonds is 7. The summed E-state index contributed by atoms with van der Waals surface area (Å²) in [5.41, 5.74) is 18.9. The van der Waals surface area contributed by atoms with Crippen molar-refractivity contribution in [2.45, 2.75) is 46.8 Å². The lowest BCUT2D eigenvalue weighted by molar-refractivity contribution is -0.226. The number of nitrogens with one attached hydrogen (secondary N) is 2. The lowest BCUT2D eigenvalue weighted by Crippen LogP contribution is -2.34. The Morgan fingerprint density at radius 2 is 1.03 bits per heavy atom. The molecular formula is C53H47N5O2. The van der Waals surface area contributed by atoms with Crippen LogP contribution in [0.4, 0.5) is 0 Å². The van der Waals surface area contributed by atoms with E-state index in [0.29, 0.717) is 13.2 Å². The van der Waals surface area contributed by atoms with Crippen molar-refractivity contribution in [1.29, 1.82) is 0 Å². The van der Waals surface area contributed by atoms with E-state index in [1.165, 1.54) is 11.1 Å². The lowest BCUT2D eigenvalue weighted by Gasteiger charge is -2.35. The molecule has 0 aliphatic carbocycles. The van der Waals surface area contributed by atoms with Gasteiger partial charge in [0.2, 0.25) is 0 Å². The van der Waals surface area contributed by atoms with Crippen molar-refractivity contribution in [3.63, 3.8) is 0 Å². The van der Waals surface area contributed by atoms with Crippen LogP contribution >= 0.6 is 0 Å². The van der Waals surface area contributed by atoms with Crippen LogP contribution < -0.4 is 0 Å². The molecule has 1 saturated heterocycles. The molecule has 296 valence electrons. The van der Waals surface area contributed by atoms with Crippen LogP contribution in [0.25, 0.3) is 91.0 Å². The highest BCUT2D eigenvalue weighted by Crippen LogP contribution is 2.41. The lowest BCUT2D eigenvalue weighted by atomic mass is 9.89. The van der Waals surface area contributed by atoms with E-state index in [-0.39, 0.29) is 5.41 Å². The Labute approximate surface area is 350 Å². The molecule has 7 heteroatoms. The van der Waals surface area contributed by atoms with E-state index < -0.39 is 6.29 Å². The number of aromatic amines is 2. The molecule has 4 aromatic heterocycles. The van der Waals surface area contributed by atoms with Crippen molar-refractivity contribution >= 4 is 46.4 Å². The fourth-order valence-corrected chi connectivity index (χ4v) is 8.72. The molecule has 0 saturated carbocycles. The van der Waals surface area contributed by atoms with Crippen LogP contribution in [-0.4, -0.2) is 38.1 Å². The largest absolute Gasteiger partial charge is 0.354 e. The molecule has 3 aromatic carbocycles. The maximum Gasteiger partial charge on any atom is 0.184 e. The van der Waals surface area contributed by atoms with E-state index >= 15 is 0 Å². The first-order valence-electron chi connectivity index (χ1n) is 20.9. The first kappa shape index (κ1) is 37.6. The standard InChI is InChI=1S/C53H47N5O2/c1-5-33-30-38(52-59-31-53(3,4)32-60-52)34(6-2)29-37(33)50-44-24-20-40(55-44)48(35-15-9-7-10-16-35)42-22-26-46(57-42)51(39-19-13-14-28-54-39)47-27-23-43(58-47)49(36-17-11-8-12-18-36)41-21-25-45(50)56-41/h7-30,52,55,58H,5-6,31-32H2,1-4H3. The number of aryl methyl sites for hydroxylation is 2. The fraction of sp³-hybridized carbons (Fsp3) is 0.189. The van der Waals surface area contributed by atoms with Gasteiger partial charge in [0, 0.05) is 56.0 Å². The highest BCUT2D eigenvalue weighted by Gasteiger charge is 2.31. The summed E-state index contributed by atoms with van der Waals surface area (Å²) in [6, 6.07) is 40.4. The molecule has 7 heterocycles. The quantitative estimate of drug-likeness (QED) is 0.168. The molecule has 60 heavy (non-hydrogen) atoms. The Morgan fingerprint density at radius 3 is 1.55 bits per heavy atom. The van der Waals surface area contributed by atoms with Gasteiger partial charge in [-0.1, -0.05) is 100 Å². The van der Waals surface area contributed by atoms with Gasteiger partial charge >= 0.3 is 0 Å². The molecule has 3 aliphatic rings. The van der Waals surface area contributed by atoms with Gasteiger partial charge in [-0.3, -0.25) is 4.98 Å². The second-order valence-electron chi connectivity index (χ2n) is 16.5. The third-order valence-electron chi connectivity index (χ3n) is 11.7. The van der Waals surface area contributed by atoms with Gasteiger partial charge in [-0.2, -0.15) is 0 Å². The number of hydrogen-bond acceptors (Lipinski definition) is 5. The van der Waals surface area contributed by atoms with Crippen molar-refractivity contribution in [3.8, 4) is 44.6 Å². The minimum absolute atomic E-state index is 0.0194. The maximum absolute atomic E-state index is 6.38. The monoisotopic (exact) mass is 785 g/mol. The summed E-state index contributed by atoms with van der Waals surface area (Å²) in [5.74, 6) is 0. The van der Waals surface area contributed by atoms with Crippen LogP contribution in [0.15, 0.2) is 121 Å². The SMILES string of the molecule is CCc1cc(C2OCC(C)(C)CO2)c(CC)cc1-c1c2nc(c(-c3ccccc3)c3ccc([nH]3)c(-c3ccccn3)c3nc(c(-c4ccccc4)c4ccc1[nH]4)C=C3)C=C2. The van der Waals surface area contributed by atoms with Crippen molar-refractivity contribution in [3.05, 3.63) is 161 Å². The third-order valence-corrected chi connectivity index (χ3v) is 11.7. The van der Waals surface area contributed by atoms with Crippen molar-refractivity contribution in [2.24, 2.45) is 5.41 Å². The van der Waals surface area contributed by atoms with Gasteiger partial charge in [-0.05, 0) is 107 Å². The van der Waals surface area contributed by atoms with Crippen LogP contribution in [-0.2, 0) is 22.3 Å². The number of aromatic nitrogens is 5. The van der Waals surface area contributed by atoms with Crippen LogP contribution in [0.2, 0.25) is 0 Å². The Morgan fingerprint density at radius 1 is 0.550 bits per heavy atom. The predicted molar refractivity (Wildman–Crippen MR) is 246 cm³/mol. The first-order chi connectivity index (χ1) is 29.4. The Balaban J connectivity index is 1.33. The van der Waals surface area contributed by atoms with Crippen molar-refractivity contribution < 1.29 is 9.47 Å². The topological polar surface area (TPSA) is 88.7 Å².